The van der Waals surface area contributed by atoms with E-state index in [1.54, 1.807) is 17.8 Å². The summed E-state index contributed by atoms with van der Waals surface area (Å²) in [7, 11) is -2.18. The molecule has 146 valence electrons. The van der Waals surface area contributed by atoms with Gasteiger partial charge in [-0.05, 0) is 43.7 Å². The molecule has 3 rings (SSSR count). The maximum atomic E-state index is 13.0. The number of imidazole rings is 1. The van der Waals surface area contributed by atoms with Gasteiger partial charge in [0.25, 0.3) is 0 Å². The van der Waals surface area contributed by atoms with Gasteiger partial charge in [0.2, 0.25) is 11.9 Å². The number of halogens is 1. The maximum absolute atomic E-state index is 13.0. The molecule has 0 fully saturated rings. The van der Waals surface area contributed by atoms with Crippen LogP contribution in [0.1, 0.15) is 13.8 Å². The van der Waals surface area contributed by atoms with Gasteiger partial charge in [0, 0.05) is 12.1 Å². The number of nitrogens with one attached hydrogen (secondary N) is 1. The zero-order chi connectivity index (χ0) is 20.5. The van der Waals surface area contributed by atoms with Gasteiger partial charge in [0.05, 0.1) is 16.8 Å². The molecule has 0 aliphatic carbocycles. The van der Waals surface area contributed by atoms with Crippen LogP contribution in [-0.4, -0.2) is 28.6 Å². The van der Waals surface area contributed by atoms with Crippen LogP contribution in [0.15, 0.2) is 65.7 Å². The summed E-state index contributed by atoms with van der Waals surface area (Å²) in [6.07, 6.45) is 1.63. The van der Waals surface area contributed by atoms with Crippen LogP contribution in [-0.2, 0) is 21.7 Å². The highest BCUT2D eigenvalue weighted by atomic mass is 35.5. The fraction of sp³-hybridized carbons (Fsp3) is 0.200. The van der Waals surface area contributed by atoms with Gasteiger partial charge < -0.3 is 4.57 Å². The molecule has 1 heterocycles. The van der Waals surface area contributed by atoms with E-state index in [1.165, 1.54) is 38.1 Å². The number of carbonyl (C=O) groups excluding carboxylic acids is 1. The third-order valence-corrected chi connectivity index (χ3v) is 7.30. The Labute approximate surface area is 169 Å². The minimum Gasteiger partial charge on any atom is -0.313 e. The van der Waals surface area contributed by atoms with Gasteiger partial charge in [0.1, 0.15) is 4.75 Å². The van der Waals surface area contributed by atoms with Gasteiger partial charge in [-0.2, -0.15) is 0 Å². The van der Waals surface area contributed by atoms with E-state index in [1.807, 2.05) is 30.3 Å². The van der Waals surface area contributed by atoms with Crippen molar-refractivity contribution in [2.75, 3.05) is 5.32 Å². The van der Waals surface area contributed by atoms with Crippen molar-refractivity contribution >= 4 is 33.3 Å². The second-order valence-corrected chi connectivity index (χ2v) is 9.75. The molecular weight excluding hydrogens is 398 g/mol. The number of sulfone groups is 1. The van der Waals surface area contributed by atoms with Crippen molar-refractivity contribution in [2.45, 2.75) is 23.5 Å². The fourth-order valence-corrected chi connectivity index (χ4v) is 4.19. The Morgan fingerprint density at radius 1 is 1.07 bits per heavy atom. The van der Waals surface area contributed by atoms with E-state index in [0.29, 0.717) is 5.02 Å². The van der Waals surface area contributed by atoms with Crippen molar-refractivity contribution in [2.24, 2.45) is 7.05 Å². The summed E-state index contributed by atoms with van der Waals surface area (Å²) >= 11 is 5.83. The van der Waals surface area contributed by atoms with E-state index in [0.717, 1.165) is 11.3 Å². The predicted molar refractivity (Wildman–Crippen MR) is 110 cm³/mol. The first-order valence-corrected chi connectivity index (χ1v) is 10.4. The van der Waals surface area contributed by atoms with Crippen LogP contribution in [0.2, 0.25) is 5.02 Å². The molecule has 0 spiro atoms. The topological polar surface area (TPSA) is 81.1 Å². The molecule has 0 aliphatic rings. The summed E-state index contributed by atoms with van der Waals surface area (Å²) in [5.41, 5.74) is 1.74. The summed E-state index contributed by atoms with van der Waals surface area (Å²) in [5.74, 6) is -0.404. The minimum atomic E-state index is -3.94. The molecule has 28 heavy (non-hydrogen) atoms. The van der Waals surface area contributed by atoms with Crippen molar-refractivity contribution < 1.29 is 13.2 Å². The van der Waals surface area contributed by atoms with E-state index in [-0.39, 0.29) is 10.8 Å². The van der Waals surface area contributed by atoms with Gasteiger partial charge in [-0.3, -0.25) is 10.1 Å². The van der Waals surface area contributed by atoms with E-state index in [9.17, 15) is 13.2 Å². The Hall–Kier alpha value is -2.64. The minimum absolute atomic E-state index is 0.0295. The summed E-state index contributed by atoms with van der Waals surface area (Å²) in [5, 5.41) is 3.05. The van der Waals surface area contributed by atoms with Gasteiger partial charge in [-0.1, -0.05) is 41.9 Å². The number of amides is 1. The second-order valence-electron chi connectivity index (χ2n) is 6.81. The molecule has 0 radical (unpaired) electrons. The normalized spacial score (nSPS) is 12.0. The highest BCUT2D eigenvalue weighted by Crippen LogP contribution is 2.28. The highest BCUT2D eigenvalue weighted by Gasteiger charge is 2.43. The van der Waals surface area contributed by atoms with Crippen molar-refractivity contribution in [3.63, 3.8) is 0 Å². The quantitative estimate of drug-likeness (QED) is 0.681. The van der Waals surface area contributed by atoms with Gasteiger partial charge in [-0.25, -0.2) is 13.4 Å². The molecule has 0 atom stereocenters. The lowest BCUT2D eigenvalue weighted by molar-refractivity contribution is -0.117. The molecule has 3 aromatic rings. The third-order valence-electron chi connectivity index (χ3n) is 4.63. The van der Waals surface area contributed by atoms with Crippen LogP contribution >= 0.6 is 11.6 Å². The summed E-state index contributed by atoms with van der Waals surface area (Å²) < 4.78 is 26.0. The molecule has 0 aliphatic heterocycles. The molecule has 1 aromatic heterocycles. The summed E-state index contributed by atoms with van der Waals surface area (Å²) in [4.78, 5) is 17.1. The van der Waals surface area contributed by atoms with Crippen molar-refractivity contribution in [3.8, 4) is 11.3 Å². The monoisotopic (exact) mass is 417 g/mol. The number of aromatic nitrogens is 2. The lowest BCUT2D eigenvalue weighted by Gasteiger charge is -2.23. The average Bonchev–Trinajstić information content (AvgIpc) is 3.03. The summed E-state index contributed by atoms with van der Waals surface area (Å²) in [6, 6.07) is 15.3. The average molecular weight is 418 g/mol. The molecule has 0 saturated carbocycles. The first-order chi connectivity index (χ1) is 13.1. The molecular formula is C20H20ClN3O3S. The van der Waals surface area contributed by atoms with Crippen LogP contribution in [0.3, 0.4) is 0 Å². The Morgan fingerprint density at radius 2 is 1.68 bits per heavy atom. The molecule has 8 heteroatoms. The molecule has 0 bridgehead atoms. The van der Waals surface area contributed by atoms with E-state index >= 15 is 0 Å². The van der Waals surface area contributed by atoms with Crippen molar-refractivity contribution in [3.05, 3.63) is 65.8 Å². The SMILES string of the molecule is Cn1c(-c2ccccc2)cnc1NC(=O)C(C)(C)S(=O)(=O)c1ccc(Cl)cc1. The maximum Gasteiger partial charge on any atom is 0.247 e. The molecule has 0 saturated heterocycles. The molecule has 1 amide bonds. The third kappa shape index (κ3) is 3.55. The van der Waals surface area contributed by atoms with E-state index in [2.05, 4.69) is 10.3 Å². The molecule has 6 nitrogen and oxygen atoms in total. The summed E-state index contributed by atoms with van der Waals surface area (Å²) in [6.45, 7) is 2.74. The lowest BCUT2D eigenvalue weighted by atomic mass is 10.2. The first-order valence-electron chi connectivity index (χ1n) is 8.53. The number of rotatable bonds is 5. The first kappa shape index (κ1) is 20.1. The number of hydrogen-bond donors (Lipinski definition) is 1. The second kappa shape index (κ2) is 7.41. The largest absolute Gasteiger partial charge is 0.313 e. The molecule has 2 aromatic carbocycles. The van der Waals surface area contributed by atoms with E-state index in [4.69, 9.17) is 11.6 Å². The number of nitrogens with zero attached hydrogens (tertiary/aromatic N) is 2. The molecule has 0 unspecified atom stereocenters. The number of carbonyl (C=O) groups is 1. The Morgan fingerprint density at radius 3 is 2.29 bits per heavy atom. The zero-order valence-electron chi connectivity index (χ0n) is 15.7. The predicted octanol–water partition coefficient (Wildman–Crippen LogP) is 3.93. The Balaban J connectivity index is 1.88. The molecule has 1 N–H and O–H groups in total. The van der Waals surface area contributed by atoms with Crippen LogP contribution < -0.4 is 5.32 Å². The Bertz CT molecular complexity index is 1110. The van der Waals surface area contributed by atoms with Crippen LogP contribution in [0, 0.1) is 0 Å². The highest BCUT2D eigenvalue weighted by molar-refractivity contribution is 7.93. The van der Waals surface area contributed by atoms with Gasteiger partial charge in [-0.15, -0.1) is 0 Å². The lowest BCUT2D eigenvalue weighted by Crippen LogP contribution is -2.44. The van der Waals surface area contributed by atoms with Crippen LogP contribution in [0.5, 0.6) is 0 Å². The number of anilines is 1. The Kier molecular flexibility index (Phi) is 5.32. The van der Waals surface area contributed by atoms with Crippen LogP contribution in [0.4, 0.5) is 5.95 Å². The van der Waals surface area contributed by atoms with E-state index < -0.39 is 20.5 Å². The number of hydrogen-bond acceptors (Lipinski definition) is 4. The number of benzene rings is 2. The van der Waals surface area contributed by atoms with Crippen molar-refractivity contribution in [1.29, 1.82) is 0 Å². The smallest absolute Gasteiger partial charge is 0.247 e. The van der Waals surface area contributed by atoms with Gasteiger partial charge in [0.15, 0.2) is 9.84 Å². The van der Waals surface area contributed by atoms with Gasteiger partial charge >= 0.3 is 0 Å². The standard InChI is InChI=1S/C20H20ClN3O3S/c1-20(2,28(26,27)16-11-9-15(21)10-12-16)18(25)23-19-22-13-17(24(19)3)14-7-5-4-6-8-14/h4-13H,1-3H3,(H,22,23,25). The van der Waals surface area contributed by atoms with Crippen LogP contribution in [0.25, 0.3) is 11.3 Å². The van der Waals surface area contributed by atoms with Crippen molar-refractivity contribution in [1.82, 2.24) is 9.55 Å². The zero-order valence-corrected chi connectivity index (χ0v) is 17.3. The fourth-order valence-electron chi connectivity index (χ4n) is 2.69.